The Hall–Kier alpha value is -4.27. The van der Waals surface area contributed by atoms with Crippen molar-refractivity contribution in [2.24, 2.45) is 0 Å². The Morgan fingerprint density at radius 1 is 1.22 bits per heavy atom. The van der Waals surface area contributed by atoms with Crippen LogP contribution in [-0.4, -0.2) is 34.1 Å². The molecule has 1 aliphatic carbocycles. The Bertz CT molecular complexity index is 1570. The number of nitrogens with one attached hydrogen (secondary N) is 2. The molecule has 9 heteroatoms. The molecule has 0 spiro atoms. The lowest BCUT2D eigenvalue weighted by Gasteiger charge is -2.23. The lowest BCUT2D eigenvalue weighted by atomic mass is 10.0. The zero-order chi connectivity index (χ0) is 25.6. The summed E-state index contributed by atoms with van der Waals surface area (Å²) < 4.78 is 11.5. The van der Waals surface area contributed by atoms with Gasteiger partial charge in [0.15, 0.2) is 6.10 Å². The minimum absolute atomic E-state index is 0.0453. The third kappa shape index (κ3) is 4.28. The van der Waals surface area contributed by atoms with Crippen LogP contribution in [0, 0.1) is 6.92 Å². The van der Waals surface area contributed by atoms with Crippen LogP contribution in [0.1, 0.15) is 35.6 Å². The number of aromatic nitrogens is 1. The zero-order valence-corrected chi connectivity index (χ0v) is 19.8. The zero-order valence-electron chi connectivity index (χ0n) is 19.8. The van der Waals surface area contributed by atoms with E-state index in [1.807, 2.05) is 6.92 Å². The smallest absolute Gasteiger partial charge is 0.339 e. The number of hydrogen-bond acceptors (Lipinski definition) is 7. The van der Waals surface area contributed by atoms with Crippen molar-refractivity contribution in [3.05, 3.63) is 69.2 Å². The Morgan fingerprint density at radius 2 is 2.00 bits per heavy atom. The average Bonchev–Trinajstić information content (AvgIpc) is 3.46. The van der Waals surface area contributed by atoms with Gasteiger partial charge in [-0.3, -0.25) is 4.79 Å². The van der Waals surface area contributed by atoms with Crippen LogP contribution in [0.5, 0.6) is 11.5 Å². The Morgan fingerprint density at radius 3 is 2.78 bits per heavy atom. The summed E-state index contributed by atoms with van der Waals surface area (Å²) in [6.07, 6.45) is 2.74. The summed E-state index contributed by atoms with van der Waals surface area (Å²) in [5, 5.41) is 25.5. The van der Waals surface area contributed by atoms with Gasteiger partial charge in [-0.15, -0.1) is 0 Å². The van der Waals surface area contributed by atoms with Crippen LogP contribution >= 0.6 is 0 Å². The predicted octanol–water partition coefficient (Wildman–Crippen LogP) is 2.02. The van der Waals surface area contributed by atoms with Crippen molar-refractivity contribution in [3.8, 4) is 11.5 Å². The summed E-state index contributed by atoms with van der Waals surface area (Å²) in [6.45, 7) is 3.36. The molecule has 36 heavy (non-hydrogen) atoms. The van der Waals surface area contributed by atoms with Crippen LogP contribution in [0.3, 0.4) is 0 Å². The number of aryl methyl sites for hydroxylation is 2. The number of aromatic amines is 1. The molecule has 1 amide bonds. The third-order valence-electron chi connectivity index (χ3n) is 6.63. The number of benzene rings is 2. The molecular formula is C27H25N2O7-. The average molecular weight is 490 g/mol. The lowest BCUT2D eigenvalue weighted by Crippen LogP contribution is -2.52. The molecular weight excluding hydrogens is 464 g/mol. The van der Waals surface area contributed by atoms with Crippen molar-refractivity contribution in [3.63, 3.8) is 0 Å². The molecule has 0 bridgehead atoms. The molecule has 3 N–H and O–H groups in total. The van der Waals surface area contributed by atoms with Crippen molar-refractivity contribution in [2.75, 3.05) is 0 Å². The van der Waals surface area contributed by atoms with Crippen molar-refractivity contribution in [1.82, 2.24) is 10.3 Å². The first kappa shape index (κ1) is 23.5. The van der Waals surface area contributed by atoms with Gasteiger partial charge in [-0.25, -0.2) is 4.79 Å². The molecule has 9 nitrogen and oxygen atoms in total. The number of phenolic OH excluding ortho intramolecular Hbond substituents is 1. The van der Waals surface area contributed by atoms with Crippen LogP contribution in [0.4, 0.5) is 0 Å². The maximum Gasteiger partial charge on any atom is 0.339 e. The van der Waals surface area contributed by atoms with E-state index in [2.05, 4.69) is 10.3 Å². The van der Waals surface area contributed by atoms with E-state index < -0.39 is 24.0 Å². The number of aromatic hydroxyl groups is 1. The Labute approximate surface area is 205 Å². The van der Waals surface area contributed by atoms with Crippen LogP contribution in [-0.2, 0) is 28.9 Å². The number of ether oxygens (including phenoxy) is 1. The molecule has 4 aromatic rings. The standard InChI is InChI=1S/C27H26N2O7/c1-13-8-22(24-17-4-3-5-18(17)27(34)36-23(24)9-13)35-14(2)25(31)29-21(26(32)33)10-15-12-28-20-7-6-16(30)11-19(15)20/h6-9,11-12,14,21,28,30H,3-5,10H2,1-2H3,(H,29,31)(H,32,33)/p-1/t14-,21-/m0/s1. The number of phenols is 1. The number of carbonyl (C=O) groups excluding carboxylic acids is 2. The number of rotatable bonds is 7. The van der Waals surface area contributed by atoms with Gasteiger partial charge in [-0.2, -0.15) is 0 Å². The number of carboxylic acids is 1. The molecule has 0 aliphatic heterocycles. The van der Waals surface area contributed by atoms with E-state index in [9.17, 15) is 24.6 Å². The van der Waals surface area contributed by atoms with Crippen LogP contribution in [0.2, 0.25) is 0 Å². The van der Waals surface area contributed by atoms with Crippen LogP contribution in [0.25, 0.3) is 21.9 Å². The van der Waals surface area contributed by atoms with Gasteiger partial charge in [-0.05, 0) is 80.1 Å². The van der Waals surface area contributed by atoms with Crippen molar-refractivity contribution in [1.29, 1.82) is 0 Å². The maximum atomic E-state index is 13.0. The second-order valence-electron chi connectivity index (χ2n) is 9.22. The molecule has 2 atom stereocenters. The fourth-order valence-electron chi connectivity index (χ4n) is 4.88. The number of fused-ring (bicyclic) bond motifs is 4. The molecule has 2 heterocycles. The number of amides is 1. The minimum atomic E-state index is -1.44. The number of H-pyrrole nitrogens is 1. The maximum absolute atomic E-state index is 13.0. The molecule has 0 radical (unpaired) electrons. The topological polar surface area (TPSA) is 145 Å². The minimum Gasteiger partial charge on any atom is -0.548 e. The van der Waals surface area contributed by atoms with Gasteiger partial charge in [0.05, 0.1) is 17.4 Å². The van der Waals surface area contributed by atoms with E-state index in [0.29, 0.717) is 46.1 Å². The lowest BCUT2D eigenvalue weighted by molar-refractivity contribution is -0.308. The van der Waals surface area contributed by atoms with Crippen molar-refractivity contribution in [2.45, 2.75) is 51.7 Å². The summed E-state index contributed by atoms with van der Waals surface area (Å²) >= 11 is 0. The van der Waals surface area contributed by atoms with E-state index in [1.165, 1.54) is 19.1 Å². The second-order valence-corrected chi connectivity index (χ2v) is 9.22. The van der Waals surface area contributed by atoms with Crippen molar-refractivity contribution >= 4 is 33.7 Å². The van der Waals surface area contributed by atoms with E-state index in [1.54, 1.807) is 24.4 Å². The van der Waals surface area contributed by atoms with E-state index in [-0.39, 0.29) is 17.8 Å². The Kier molecular flexibility index (Phi) is 5.91. The molecule has 0 unspecified atom stereocenters. The number of hydrogen-bond donors (Lipinski definition) is 3. The van der Waals surface area contributed by atoms with Gasteiger partial charge >= 0.3 is 5.63 Å². The van der Waals surface area contributed by atoms with E-state index in [0.717, 1.165) is 23.1 Å². The molecule has 0 saturated heterocycles. The largest absolute Gasteiger partial charge is 0.548 e. The van der Waals surface area contributed by atoms with Gasteiger partial charge in [0, 0.05) is 29.1 Å². The normalized spacial score (nSPS) is 14.5. The number of carboxylic acid groups (broad SMARTS) is 1. The molecule has 186 valence electrons. The van der Waals surface area contributed by atoms with Crippen LogP contribution in [0.15, 0.2) is 45.7 Å². The molecule has 0 saturated carbocycles. The first-order chi connectivity index (χ1) is 17.2. The monoisotopic (exact) mass is 489 g/mol. The van der Waals surface area contributed by atoms with Gasteiger partial charge < -0.3 is 34.5 Å². The quantitative estimate of drug-likeness (QED) is 0.337. The molecule has 0 fully saturated rings. The van der Waals surface area contributed by atoms with Crippen molar-refractivity contribution < 1.29 is 29.0 Å². The second kappa shape index (κ2) is 9.07. The third-order valence-corrected chi connectivity index (χ3v) is 6.63. The first-order valence-corrected chi connectivity index (χ1v) is 11.8. The Balaban J connectivity index is 1.38. The SMILES string of the molecule is Cc1cc(O[C@@H](C)C(=O)N[C@@H](Cc2c[nH]c3ccc(O)cc23)C(=O)[O-])c2c3c(c(=O)oc2c1)CCC3. The molecule has 2 aromatic carbocycles. The first-order valence-electron chi connectivity index (χ1n) is 11.8. The summed E-state index contributed by atoms with van der Waals surface area (Å²) in [4.78, 5) is 40.2. The fourth-order valence-corrected chi connectivity index (χ4v) is 4.88. The highest BCUT2D eigenvalue weighted by molar-refractivity contribution is 5.91. The number of carbonyl (C=O) groups is 2. The highest BCUT2D eigenvalue weighted by Gasteiger charge is 2.26. The highest BCUT2D eigenvalue weighted by Crippen LogP contribution is 2.35. The van der Waals surface area contributed by atoms with Gasteiger partial charge in [0.2, 0.25) is 0 Å². The van der Waals surface area contributed by atoms with E-state index >= 15 is 0 Å². The van der Waals surface area contributed by atoms with E-state index in [4.69, 9.17) is 9.15 Å². The molecule has 5 rings (SSSR count). The summed E-state index contributed by atoms with van der Waals surface area (Å²) in [5.41, 5.74) is 3.70. The fraction of sp³-hybridized carbons (Fsp3) is 0.296. The number of aliphatic carboxylic acids is 1. The summed E-state index contributed by atoms with van der Waals surface area (Å²) in [5.74, 6) is -1.61. The van der Waals surface area contributed by atoms with Gasteiger partial charge in [0.1, 0.15) is 17.1 Å². The van der Waals surface area contributed by atoms with Gasteiger partial charge in [0.25, 0.3) is 5.91 Å². The van der Waals surface area contributed by atoms with Gasteiger partial charge in [-0.1, -0.05) is 0 Å². The highest BCUT2D eigenvalue weighted by atomic mass is 16.5. The van der Waals surface area contributed by atoms with Crippen LogP contribution < -0.4 is 20.8 Å². The predicted molar refractivity (Wildman–Crippen MR) is 130 cm³/mol. The molecule has 1 aliphatic rings. The summed E-state index contributed by atoms with van der Waals surface area (Å²) in [7, 11) is 0. The molecule has 2 aromatic heterocycles. The summed E-state index contributed by atoms with van der Waals surface area (Å²) in [6, 6.07) is 6.95.